The van der Waals surface area contributed by atoms with Crippen LogP contribution < -0.4 is 0 Å². The van der Waals surface area contributed by atoms with Crippen molar-refractivity contribution >= 4 is 28.6 Å². The Morgan fingerprint density at radius 3 is 2.89 bits per heavy atom. The summed E-state index contributed by atoms with van der Waals surface area (Å²) in [7, 11) is 1.90. The summed E-state index contributed by atoms with van der Waals surface area (Å²) in [6.07, 6.45) is 4.95. The molecule has 1 atom stereocenters. The number of thioether (sulfide) groups is 1. The Morgan fingerprint density at radius 1 is 1.42 bits per heavy atom. The van der Waals surface area contributed by atoms with Gasteiger partial charge >= 0.3 is 0 Å². The molecule has 0 aliphatic rings. The molecule has 0 saturated carbocycles. The molecule has 1 heterocycles. The molecule has 1 amide bonds. The molecule has 0 fully saturated rings. The Labute approximate surface area is 118 Å². The van der Waals surface area contributed by atoms with E-state index in [2.05, 4.69) is 18.2 Å². The minimum atomic E-state index is 0.101. The van der Waals surface area contributed by atoms with Crippen molar-refractivity contribution in [2.24, 2.45) is 0 Å². The summed E-state index contributed by atoms with van der Waals surface area (Å²) in [6, 6.07) is 8.10. The number of carbonyl (C=O) groups excluding carboxylic acids is 1. The number of amides is 1. The molecule has 0 radical (unpaired) electrons. The summed E-state index contributed by atoms with van der Waals surface area (Å²) in [5, 5.41) is 1.08. The number of rotatable bonds is 5. The lowest BCUT2D eigenvalue weighted by Crippen LogP contribution is -2.38. The van der Waals surface area contributed by atoms with Crippen LogP contribution in [0.3, 0.4) is 0 Å². The van der Waals surface area contributed by atoms with Crippen LogP contribution in [0.4, 0.5) is 0 Å². The van der Waals surface area contributed by atoms with E-state index in [0.29, 0.717) is 6.04 Å². The third-order valence-corrected chi connectivity index (χ3v) is 4.22. The Balaban J connectivity index is 2.21. The van der Waals surface area contributed by atoms with Gasteiger partial charge in [0.2, 0.25) is 0 Å². The smallest absolute Gasteiger partial charge is 0.253 e. The van der Waals surface area contributed by atoms with Crippen LogP contribution in [0.5, 0.6) is 0 Å². The van der Waals surface area contributed by atoms with E-state index in [1.165, 1.54) is 0 Å². The summed E-state index contributed by atoms with van der Waals surface area (Å²) in [5.74, 6) is 1.08. The lowest BCUT2D eigenvalue weighted by Gasteiger charge is -2.26. The molecule has 4 heteroatoms. The van der Waals surface area contributed by atoms with Gasteiger partial charge in [0, 0.05) is 41.5 Å². The van der Waals surface area contributed by atoms with Crippen LogP contribution in [-0.4, -0.2) is 40.9 Å². The molecule has 1 unspecified atom stereocenters. The van der Waals surface area contributed by atoms with Crippen molar-refractivity contribution in [3.05, 3.63) is 36.0 Å². The first-order valence-corrected chi connectivity index (χ1v) is 7.90. The van der Waals surface area contributed by atoms with Crippen molar-refractivity contribution in [3.8, 4) is 0 Å². The van der Waals surface area contributed by atoms with E-state index >= 15 is 0 Å². The first-order chi connectivity index (χ1) is 9.17. The lowest BCUT2D eigenvalue weighted by atomic mass is 10.1. The second-order valence-corrected chi connectivity index (χ2v) is 5.62. The molecule has 0 spiro atoms. The minimum absolute atomic E-state index is 0.101. The van der Waals surface area contributed by atoms with Gasteiger partial charge < -0.3 is 9.88 Å². The molecule has 0 aliphatic heterocycles. The van der Waals surface area contributed by atoms with Crippen molar-refractivity contribution < 1.29 is 4.79 Å². The molecule has 102 valence electrons. The minimum Gasteiger partial charge on any atom is -0.361 e. The average Bonchev–Trinajstić information content (AvgIpc) is 2.90. The fourth-order valence-electron chi connectivity index (χ4n) is 2.25. The number of fused-ring (bicyclic) bond motifs is 1. The molecule has 1 N–H and O–H groups in total. The molecule has 1 aromatic carbocycles. The Morgan fingerprint density at radius 2 is 2.21 bits per heavy atom. The van der Waals surface area contributed by atoms with Crippen LogP contribution in [0.25, 0.3) is 10.9 Å². The molecule has 1 aromatic heterocycles. The molecular weight excluding hydrogens is 256 g/mol. The van der Waals surface area contributed by atoms with Crippen LogP contribution in [-0.2, 0) is 0 Å². The average molecular weight is 276 g/mol. The highest BCUT2D eigenvalue weighted by atomic mass is 32.2. The molecule has 0 aliphatic carbocycles. The van der Waals surface area contributed by atoms with Gasteiger partial charge in [-0.1, -0.05) is 6.92 Å². The molecule has 2 rings (SSSR count). The van der Waals surface area contributed by atoms with E-state index in [1.807, 2.05) is 42.4 Å². The fraction of sp³-hybridized carbons (Fsp3) is 0.400. The van der Waals surface area contributed by atoms with Crippen molar-refractivity contribution in [1.82, 2.24) is 9.88 Å². The first-order valence-electron chi connectivity index (χ1n) is 6.50. The number of aromatic nitrogens is 1. The van der Waals surface area contributed by atoms with Crippen molar-refractivity contribution in [1.29, 1.82) is 0 Å². The van der Waals surface area contributed by atoms with Crippen LogP contribution in [0, 0.1) is 0 Å². The predicted molar refractivity (Wildman–Crippen MR) is 82.9 cm³/mol. The second kappa shape index (κ2) is 6.15. The SMILES string of the molecule is CCC(CSC)N(C)C(=O)c1ccc2[nH]ccc2c1. The zero-order chi connectivity index (χ0) is 13.8. The van der Waals surface area contributed by atoms with Gasteiger partial charge in [0.05, 0.1) is 0 Å². The number of nitrogens with zero attached hydrogens (tertiary/aromatic N) is 1. The van der Waals surface area contributed by atoms with E-state index in [-0.39, 0.29) is 5.91 Å². The lowest BCUT2D eigenvalue weighted by molar-refractivity contribution is 0.0744. The zero-order valence-corrected chi connectivity index (χ0v) is 12.5. The van der Waals surface area contributed by atoms with Gasteiger partial charge in [0.25, 0.3) is 5.91 Å². The van der Waals surface area contributed by atoms with E-state index < -0.39 is 0 Å². The van der Waals surface area contributed by atoms with Crippen molar-refractivity contribution in [2.45, 2.75) is 19.4 Å². The zero-order valence-electron chi connectivity index (χ0n) is 11.6. The number of hydrogen-bond acceptors (Lipinski definition) is 2. The standard InChI is InChI=1S/C15H20N2OS/c1-4-13(10-19-3)17(2)15(18)12-5-6-14-11(9-12)7-8-16-14/h5-9,13,16H,4,10H2,1-3H3. The summed E-state index contributed by atoms with van der Waals surface area (Å²) in [5.41, 5.74) is 1.82. The first kappa shape index (κ1) is 14.0. The third-order valence-electron chi connectivity index (χ3n) is 3.50. The monoisotopic (exact) mass is 276 g/mol. The van der Waals surface area contributed by atoms with E-state index in [9.17, 15) is 4.79 Å². The number of aromatic amines is 1. The van der Waals surface area contributed by atoms with Gasteiger partial charge in [-0.3, -0.25) is 4.79 Å². The maximum atomic E-state index is 12.5. The van der Waals surface area contributed by atoms with E-state index in [4.69, 9.17) is 0 Å². The van der Waals surface area contributed by atoms with Gasteiger partial charge in [-0.25, -0.2) is 0 Å². The van der Waals surface area contributed by atoms with Crippen LogP contribution in [0.1, 0.15) is 23.7 Å². The molecule has 19 heavy (non-hydrogen) atoms. The summed E-state index contributed by atoms with van der Waals surface area (Å²) in [6.45, 7) is 2.13. The summed E-state index contributed by atoms with van der Waals surface area (Å²) >= 11 is 1.78. The molecular formula is C15H20N2OS. The van der Waals surface area contributed by atoms with E-state index in [0.717, 1.165) is 28.6 Å². The van der Waals surface area contributed by atoms with Crippen molar-refractivity contribution in [3.63, 3.8) is 0 Å². The number of carbonyl (C=O) groups is 1. The highest BCUT2D eigenvalue weighted by Crippen LogP contribution is 2.17. The Hall–Kier alpha value is -1.42. The van der Waals surface area contributed by atoms with Gasteiger partial charge in [-0.05, 0) is 36.9 Å². The van der Waals surface area contributed by atoms with Crippen LogP contribution in [0.15, 0.2) is 30.5 Å². The molecule has 3 nitrogen and oxygen atoms in total. The second-order valence-electron chi connectivity index (χ2n) is 4.71. The number of H-pyrrole nitrogens is 1. The number of nitrogens with one attached hydrogen (secondary N) is 1. The van der Waals surface area contributed by atoms with Crippen LogP contribution in [0.2, 0.25) is 0 Å². The quantitative estimate of drug-likeness (QED) is 0.908. The number of benzene rings is 1. The maximum Gasteiger partial charge on any atom is 0.253 e. The number of hydrogen-bond donors (Lipinski definition) is 1. The fourth-order valence-corrected chi connectivity index (χ4v) is 3.10. The predicted octanol–water partition coefficient (Wildman–Crippen LogP) is 3.38. The highest BCUT2D eigenvalue weighted by Gasteiger charge is 2.19. The largest absolute Gasteiger partial charge is 0.361 e. The van der Waals surface area contributed by atoms with Gasteiger partial charge in [0.1, 0.15) is 0 Å². The molecule has 2 aromatic rings. The van der Waals surface area contributed by atoms with Gasteiger partial charge in [-0.15, -0.1) is 0 Å². The Bertz CT molecular complexity index is 564. The Kier molecular flexibility index (Phi) is 4.53. The van der Waals surface area contributed by atoms with E-state index in [1.54, 1.807) is 11.8 Å². The summed E-state index contributed by atoms with van der Waals surface area (Å²) in [4.78, 5) is 17.5. The topological polar surface area (TPSA) is 36.1 Å². The molecule has 0 bridgehead atoms. The maximum absolute atomic E-state index is 12.5. The summed E-state index contributed by atoms with van der Waals surface area (Å²) < 4.78 is 0. The normalized spacial score (nSPS) is 12.6. The third kappa shape index (κ3) is 2.95. The van der Waals surface area contributed by atoms with Gasteiger partial charge in [0.15, 0.2) is 0 Å². The van der Waals surface area contributed by atoms with Crippen molar-refractivity contribution in [2.75, 3.05) is 19.1 Å². The van der Waals surface area contributed by atoms with Crippen LogP contribution >= 0.6 is 11.8 Å². The molecule has 0 saturated heterocycles. The highest BCUT2D eigenvalue weighted by molar-refractivity contribution is 7.98. The van der Waals surface area contributed by atoms with Gasteiger partial charge in [-0.2, -0.15) is 11.8 Å².